The highest BCUT2D eigenvalue weighted by Crippen LogP contribution is 2.33. The zero-order valence-electron chi connectivity index (χ0n) is 8.97. The van der Waals surface area contributed by atoms with E-state index in [1.54, 1.807) is 0 Å². The van der Waals surface area contributed by atoms with Gasteiger partial charge < -0.3 is 10.4 Å². The third-order valence-electron chi connectivity index (χ3n) is 2.08. The zero-order valence-corrected chi connectivity index (χ0v) is 11.2. The maximum Gasteiger partial charge on any atom is 0.224 e. The summed E-state index contributed by atoms with van der Waals surface area (Å²) in [6, 6.07) is 3.02. The summed E-state index contributed by atoms with van der Waals surface area (Å²) >= 11 is 17.6. The molecular weight excluding hydrogens is 284 g/mol. The minimum absolute atomic E-state index is 0.0791. The normalized spacial score (nSPS) is 10.4. The van der Waals surface area contributed by atoms with Crippen LogP contribution in [-0.2, 0) is 4.79 Å². The van der Waals surface area contributed by atoms with Crippen LogP contribution in [0.3, 0.4) is 0 Å². The van der Waals surface area contributed by atoms with Crippen LogP contribution < -0.4 is 5.32 Å². The Morgan fingerprint density at radius 3 is 2.29 bits per heavy atom. The Labute approximate surface area is 115 Å². The monoisotopic (exact) mass is 295 g/mol. The molecule has 0 atom stereocenters. The molecule has 0 spiro atoms. The number of anilines is 1. The lowest BCUT2D eigenvalue weighted by Crippen LogP contribution is -2.12. The number of halogens is 3. The maximum absolute atomic E-state index is 11.5. The minimum Gasteiger partial charge on any atom is -0.396 e. The van der Waals surface area contributed by atoms with E-state index in [2.05, 4.69) is 5.32 Å². The van der Waals surface area contributed by atoms with Crippen LogP contribution >= 0.6 is 34.8 Å². The van der Waals surface area contributed by atoms with Crippen LogP contribution in [0.4, 0.5) is 5.69 Å². The second-order valence-corrected chi connectivity index (χ2v) is 4.72. The summed E-state index contributed by atoms with van der Waals surface area (Å²) in [6.07, 6.45) is 1.52. The molecule has 0 aliphatic carbocycles. The van der Waals surface area contributed by atoms with Crippen molar-refractivity contribution >= 4 is 46.4 Å². The summed E-state index contributed by atoms with van der Waals surface area (Å²) in [5.74, 6) is -0.190. The van der Waals surface area contributed by atoms with E-state index in [9.17, 15) is 4.79 Å². The summed E-state index contributed by atoms with van der Waals surface area (Å²) in [5, 5.41) is 12.2. The van der Waals surface area contributed by atoms with Gasteiger partial charge in [-0.3, -0.25) is 4.79 Å². The molecule has 0 fully saturated rings. The van der Waals surface area contributed by atoms with Gasteiger partial charge in [-0.2, -0.15) is 0 Å². The highest BCUT2D eigenvalue weighted by atomic mass is 35.5. The Hall–Kier alpha value is -0.480. The van der Waals surface area contributed by atoms with Crippen molar-refractivity contribution in [2.24, 2.45) is 0 Å². The first-order chi connectivity index (χ1) is 8.04. The largest absolute Gasteiger partial charge is 0.396 e. The van der Waals surface area contributed by atoms with Crippen molar-refractivity contribution in [2.75, 3.05) is 11.9 Å². The van der Waals surface area contributed by atoms with Gasteiger partial charge in [0, 0.05) is 18.1 Å². The molecule has 1 amide bonds. The maximum atomic E-state index is 11.5. The summed E-state index contributed by atoms with van der Waals surface area (Å²) in [7, 11) is 0. The summed E-state index contributed by atoms with van der Waals surface area (Å²) in [6.45, 7) is 0.0791. The average Bonchev–Trinajstić information content (AvgIpc) is 2.24. The molecule has 0 heterocycles. The van der Waals surface area contributed by atoms with E-state index in [1.165, 1.54) is 12.1 Å². The molecule has 0 aliphatic rings. The van der Waals surface area contributed by atoms with Crippen LogP contribution in [0.25, 0.3) is 0 Å². The molecule has 1 aromatic carbocycles. The van der Waals surface area contributed by atoms with Crippen LogP contribution in [0.2, 0.25) is 15.1 Å². The Kier molecular flexibility index (Phi) is 6.06. The van der Waals surface area contributed by atoms with E-state index in [0.29, 0.717) is 40.0 Å². The quantitative estimate of drug-likeness (QED) is 0.813. The van der Waals surface area contributed by atoms with Gasteiger partial charge in [-0.05, 0) is 25.0 Å². The van der Waals surface area contributed by atoms with E-state index in [4.69, 9.17) is 39.9 Å². The fourth-order valence-electron chi connectivity index (χ4n) is 1.26. The van der Waals surface area contributed by atoms with Crippen molar-refractivity contribution in [1.82, 2.24) is 0 Å². The number of carbonyl (C=O) groups is 1. The van der Waals surface area contributed by atoms with Crippen molar-refractivity contribution < 1.29 is 9.90 Å². The zero-order chi connectivity index (χ0) is 12.8. The molecule has 0 aliphatic heterocycles. The van der Waals surface area contributed by atoms with Gasteiger partial charge >= 0.3 is 0 Å². The van der Waals surface area contributed by atoms with Crippen molar-refractivity contribution in [3.63, 3.8) is 0 Å². The first-order valence-electron chi connectivity index (χ1n) is 5.10. The SMILES string of the molecule is O=C(CCCCO)Nc1c(Cl)cc(Cl)cc1Cl. The van der Waals surface area contributed by atoms with Gasteiger partial charge in [0.2, 0.25) is 5.91 Å². The highest BCUT2D eigenvalue weighted by Gasteiger charge is 2.10. The lowest BCUT2D eigenvalue weighted by atomic mass is 10.2. The molecular formula is C11H12Cl3NO2. The minimum atomic E-state index is -0.190. The number of rotatable bonds is 5. The summed E-state index contributed by atoms with van der Waals surface area (Å²) in [5.41, 5.74) is 0.367. The van der Waals surface area contributed by atoms with Crippen LogP contribution in [-0.4, -0.2) is 17.6 Å². The Bertz CT molecular complexity index is 387. The van der Waals surface area contributed by atoms with Crippen molar-refractivity contribution in [3.05, 3.63) is 27.2 Å². The first-order valence-corrected chi connectivity index (χ1v) is 6.23. The summed E-state index contributed by atoms with van der Waals surface area (Å²) in [4.78, 5) is 11.5. The van der Waals surface area contributed by atoms with E-state index in [0.717, 1.165) is 0 Å². The molecule has 1 aromatic rings. The second kappa shape index (κ2) is 7.07. The smallest absolute Gasteiger partial charge is 0.224 e. The number of aliphatic hydroxyl groups excluding tert-OH is 1. The molecule has 0 radical (unpaired) electrons. The van der Waals surface area contributed by atoms with Gasteiger partial charge in [-0.25, -0.2) is 0 Å². The van der Waals surface area contributed by atoms with E-state index >= 15 is 0 Å². The number of nitrogens with one attached hydrogen (secondary N) is 1. The van der Waals surface area contributed by atoms with Crippen LogP contribution in [0, 0.1) is 0 Å². The fraction of sp³-hybridized carbons (Fsp3) is 0.364. The molecule has 94 valence electrons. The molecule has 0 unspecified atom stereocenters. The predicted octanol–water partition coefficient (Wildman–Crippen LogP) is 3.75. The van der Waals surface area contributed by atoms with Crippen LogP contribution in [0.15, 0.2) is 12.1 Å². The average molecular weight is 297 g/mol. The Balaban J connectivity index is 2.65. The van der Waals surface area contributed by atoms with Gasteiger partial charge in [0.05, 0.1) is 15.7 Å². The number of aliphatic hydroxyl groups is 1. The molecule has 0 saturated carbocycles. The Morgan fingerprint density at radius 1 is 1.18 bits per heavy atom. The van der Waals surface area contributed by atoms with Crippen LogP contribution in [0.5, 0.6) is 0 Å². The van der Waals surface area contributed by atoms with Gasteiger partial charge in [0.25, 0.3) is 0 Å². The molecule has 2 N–H and O–H groups in total. The Morgan fingerprint density at radius 2 is 1.76 bits per heavy atom. The van der Waals surface area contributed by atoms with Gasteiger partial charge in [-0.15, -0.1) is 0 Å². The molecule has 17 heavy (non-hydrogen) atoms. The standard InChI is InChI=1S/C11H12Cl3NO2/c12-7-5-8(13)11(9(14)6-7)15-10(17)3-1-2-4-16/h5-6,16H,1-4H2,(H,15,17). The van der Waals surface area contributed by atoms with E-state index < -0.39 is 0 Å². The van der Waals surface area contributed by atoms with Crippen molar-refractivity contribution in [3.8, 4) is 0 Å². The number of hydrogen-bond acceptors (Lipinski definition) is 2. The highest BCUT2D eigenvalue weighted by molar-refractivity contribution is 6.42. The molecule has 6 heteroatoms. The molecule has 0 aromatic heterocycles. The van der Waals surface area contributed by atoms with Crippen molar-refractivity contribution in [2.45, 2.75) is 19.3 Å². The lowest BCUT2D eigenvalue weighted by Gasteiger charge is -2.09. The van der Waals surface area contributed by atoms with Crippen LogP contribution in [0.1, 0.15) is 19.3 Å². The van der Waals surface area contributed by atoms with Crippen molar-refractivity contribution in [1.29, 1.82) is 0 Å². The van der Waals surface area contributed by atoms with E-state index in [1.807, 2.05) is 0 Å². The lowest BCUT2D eigenvalue weighted by molar-refractivity contribution is -0.116. The third kappa shape index (κ3) is 4.72. The molecule has 0 saturated heterocycles. The molecule has 0 bridgehead atoms. The first kappa shape index (κ1) is 14.6. The number of unbranched alkanes of at least 4 members (excludes halogenated alkanes) is 1. The van der Waals surface area contributed by atoms with Gasteiger partial charge in [0.15, 0.2) is 0 Å². The second-order valence-electron chi connectivity index (χ2n) is 3.47. The topological polar surface area (TPSA) is 49.3 Å². The number of hydrogen-bond donors (Lipinski definition) is 2. The van der Waals surface area contributed by atoms with Gasteiger partial charge in [-0.1, -0.05) is 34.8 Å². The predicted molar refractivity (Wildman–Crippen MR) is 71.0 cm³/mol. The summed E-state index contributed by atoms with van der Waals surface area (Å²) < 4.78 is 0. The van der Waals surface area contributed by atoms with Gasteiger partial charge in [0.1, 0.15) is 0 Å². The number of carbonyl (C=O) groups excluding carboxylic acids is 1. The third-order valence-corrected chi connectivity index (χ3v) is 2.90. The number of benzene rings is 1. The molecule has 1 rings (SSSR count). The number of amides is 1. The fourth-order valence-corrected chi connectivity index (χ4v) is 2.17. The molecule has 3 nitrogen and oxygen atoms in total. The van der Waals surface area contributed by atoms with E-state index in [-0.39, 0.29) is 12.5 Å².